The minimum absolute atomic E-state index is 0.0782. The molecule has 0 fully saturated rings. The molecule has 0 saturated heterocycles. The van der Waals surface area contributed by atoms with Crippen LogP contribution < -0.4 is 10.6 Å². The first kappa shape index (κ1) is 22.5. The Labute approximate surface area is 180 Å². The van der Waals surface area contributed by atoms with Crippen molar-refractivity contribution < 1.29 is 23.0 Å². The molecule has 0 spiro atoms. The lowest BCUT2D eigenvalue weighted by Crippen LogP contribution is -2.09. The van der Waals surface area contributed by atoms with Gasteiger partial charge in [-0.25, -0.2) is 0 Å². The number of anilines is 2. The van der Waals surface area contributed by atoms with Gasteiger partial charge in [-0.1, -0.05) is 24.3 Å². The quantitative estimate of drug-likeness (QED) is 0.337. The average molecular weight is 446 g/mol. The fourth-order valence-corrected chi connectivity index (χ4v) is 2.87. The molecule has 0 aliphatic carbocycles. The van der Waals surface area contributed by atoms with Crippen molar-refractivity contribution in [3.63, 3.8) is 0 Å². The Bertz CT molecular complexity index is 1040. The first-order valence-corrected chi connectivity index (χ1v) is 9.28. The van der Waals surface area contributed by atoms with Crippen LogP contribution in [0.5, 0.6) is 0 Å². The summed E-state index contributed by atoms with van der Waals surface area (Å²) in [6.45, 7) is 0.336. The Morgan fingerprint density at radius 3 is 1.38 bits per heavy atom. The minimum atomic E-state index is -4.56. The molecule has 0 atom stereocenters. The molecule has 2 N–H and O–H groups in total. The molecule has 0 heterocycles. The standard InChI is InChI=1S/C21H17F3N4O4/c22-21(23,24)16-9-17(25-12-14-1-5-19(6-2-14)27(29)30)11-18(10-16)26-13-15-3-7-20(8-4-15)28(31)32/h1-11,25-26H,12-13H2. The summed E-state index contributed by atoms with van der Waals surface area (Å²) in [7, 11) is 0. The van der Waals surface area contributed by atoms with Gasteiger partial charge >= 0.3 is 6.18 Å². The second kappa shape index (κ2) is 9.33. The van der Waals surface area contributed by atoms with Gasteiger partial charge in [-0.2, -0.15) is 13.2 Å². The maximum absolute atomic E-state index is 13.3. The molecule has 166 valence electrons. The number of halogens is 3. The van der Waals surface area contributed by atoms with Gasteiger partial charge in [0.2, 0.25) is 0 Å². The number of non-ortho nitro benzene ring substituents is 2. The van der Waals surface area contributed by atoms with Gasteiger partial charge in [0.15, 0.2) is 0 Å². The van der Waals surface area contributed by atoms with Gasteiger partial charge in [-0.15, -0.1) is 0 Å². The van der Waals surface area contributed by atoms with E-state index < -0.39 is 21.6 Å². The van der Waals surface area contributed by atoms with Crippen LogP contribution in [0.4, 0.5) is 35.9 Å². The summed E-state index contributed by atoms with van der Waals surface area (Å²) in [6.07, 6.45) is -4.56. The summed E-state index contributed by atoms with van der Waals surface area (Å²) in [6, 6.07) is 14.8. The number of nitro groups is 2. The highest BCUT2D eigenvalue weighted by Gasteiger charge is 2.31. The van der Waals surface area contributed by atoms with Crippen LogP contribution in [0.3, 0.4) is 0 Å². The molecule has 0 aromatic heterocycles. The number of nitrogens with one attached hydrogen (secondary N) is 2. The average Bonchev–Trinajstić information content (AvgIpc) is 2.76. The van der Waals surface area contributed by atoms with Crippen molar-refractivity contribution in [2.24, 2.45) is 0 Å². The number of benzene rings is 3. The second-order valence-corrected chi connectivity index (χ2v) is 6.85. The summed E-state index contributed by atoms with van der Waals surface area (Å²) in [4.78, 5) is 20.4. The Kier molecular flexibility index (Phi) is 6.57. The van der Waals surface area contributed by atoms with E-state index in [2.05, 4.69) is 10.6 Å². The smallest absolute Gasteiger partial charge is 0.381 e. The molecule has 0 saturated carbocycles. The number of alkyl halides is 3. The Morgan fingerprint density at radius 2 is 1.06 bits per heavy atom. The summed E-state index contributed by atoms with van der Waals surface area (Å²) in [5, 5.41) is 27.2. The molecule has 11 heteroatoms. The fraction of sp³-hybridized carbons (Fsp3) is 0.143. The van der Waals surface area contributed by atoms with Crippen LogP contribution >= 0.6 is 0 Å². The van der Waals surface area contributed by atoms with Crippen LogP contribution in [0.1, 0.15) is 16.7 Å². The van der Waals surface area contributed by atoms with Gasteiger partial charge in [0.05, 0.1) is 15.4 Å². The largest absolute Gasteiger partial charge is 0.416 e. The third-order valence-electron chi connectivity index (χ3n) is 4.55. The summed E-state index contributed by atoms with van der Waals surface area (Å²) in [5.41, 5.74) is 0.740. The lowest BCUT2D eigenvalue weighted by atomic mass is 10.1. The monoisotopic (exact) mass is 446 g/mol. The van der Waals surface area contributed by atoms with Gasteiger partial charge < -0.3 is 10.6 Å². The van der Waals surface area contributed by atoms with Crippen molar-refractivity contribution in [2.75, 3.05) is 10.6 Å². The van der Waals surface area contributed by atoms with Gasteiger partial charge in [-0.3, -0.25) is 20.2 Å². The highest BCUT2D eigenvalue weighted by molar-refractivity contribution is 5.60. The van der Waals surface area contributed by atoms with Crippen LogP contribution in [0.25, 0.3) is 0 Å². The Hall–Kier alpha value is -4.15. The third kappa shape index (κ3) is 5.94. The van der Waals surface area contributed by atoms with Gasteiger partial charge in [0.1, 0.15) is 0 Å². The summed E-state index contributed by atoms with van der Waals surface area (Å²) in [5.74, 6) is 0. The van der Waals surface area contributed by atoms with E-state index in [0.29, 0.717) is 11.1 Å². The van der Waals surface area contributed by atoms with E-state index >= 15 is 0 Å². The highest BCUT2D eigenvalue weighted by Crippen LogP contribution is 2.33. The zero-order chi connectivity index (χ0) is 23.3. The van der Waals surface area contributed by atoms with Crippen molar-refractivity contribution in [3.8, 4) is 0 Å². The molecule has 0 amide bonds. The molecule has 0 radical (unpaired) electrons. The molecule has 0 aliphatic heterocycles. The van der Waals surface area contributed by atoms with Gasteiger partial charge in [0.25, 0.3) is 11.4 Å². The highest BCUT2D eigenvalue weighted by atomic mass is 19.4. The molecule has 3 aromatic carbocycles. The molecule has 0 unspecified atom stereocenters. The lowest BCUT2D eigenvalue weighted by molar-refractivity contribution is -0.385. The van der Waals surface area contributed by atoms with Crippen LogP contribution in [0.15, 0.2) is 66.7 Å². The van der Waals surface area contributed by atoms with E-state index in [9.17, 15) is 33.4 Å². The zero-order valence-corrected chi connectivity index (χ0v) is 16.4. The molecular formula is C21H17F3N4O4. The molecule has 0 aliphatic rings. The zero-order valence-electron chi connectivity index (χ0n) is 16.4. The Balaban J connectivity index is 1.74. The predicted octanol–water partition coefficient (Wildman–Crippen LogP) is 5.75. The maximum Gasteiger partial charge on any atom is 0.416 e. The van der Waals surface area contributed by atoms with Crippen LogP contribution in [-0.4, -0.2) is 9.85 Å². The number of rotatable bonds is 8. The van der Waals surface area contributed by atoms with E-state index in [1.165, 1.54) is 54.6 Å². The van der Waals surface area contributed by atoms with Gasteiger partial charge in [-0.05, 0) is 29.3 Å². The van der Waals surface area contributed by atoms with Crippen LogP contribution in [0, 0.1) is 20.2 Å². The van der Waals surface area contributed by atoms with E-state index in [4.69, 9.17) is 0 Å². The normalized spacial score (nSPS) is 11.1. The van der Waals surface area contributed by atoms with E-state index in [-0.39, 0.29) is 35.8 Å². The maximum atomic E-state index is 13.3. The molecule has 8 nitrogen and oxygen atoms in total. The summed E-state index contributed by atoms with van der Waals surface area (Å²) < 4.78 is 40.0. The van der Waals surface area contributed by atoms with Gasteiger partial charge in [0, 0.05) is 48.7 Å². The fourth-order valence-electron chi connectivity index (χ4n) is 2.87. The topological polar surface area (TPSA) is 110 Å². The summed E-state index contributed by atoms with van der Waals surface area (Å²) >= 11 is 0. The van der Waals surface area contributed by atoms with E-state index in [1.54, 1.807) is 0 Å². The van der Waals surface area contributed by atoms with E-state index in [1.807, 2.05) is 0 Å². The van der Waals surface area contributed by atoms with Crippen molar-refractivity contribution >= 4 is 22.7 Å². The van der Waals surface area contributed by atoms with E-state index in [0.717, 1.165) is 12.1 Å². The first-order valence-electron chi connectivity index (χ1n) is 9.28. The van der Waals surface area contributed by atoms with Crippen molar-refractivity contribution in [1.29, 1.82) is 0 Å². The number of hydrogen-bond acceptors (Lipinski definition) is 6. The van der Waals surface area contributed by atoms with Crippen molar-refractivity contribution in [3.05, 3.63) is 104 Å². The molecule has 0 bridgehead atoms. The SMILES string of the molecule is O=[N+]([O-])c1ccc(CNc2cc(NCc3ccc([N+](=O)[O-])cc3)cc(C(F)(F)F)c2)cc1. The molecule has 3 rings (SSSR count). The van der Waals surface area contributed by atoms with Crippen molar-refractivity contribution in [1.82, 2.24) is 0 Å². The molecule has 3 aromatic rings. The first-order chi connectivity index (χ1) is 15.1. The lowest BCUT2D eigenvalue weighted by Gasteiger charge is -2.15. The van der Waals surface area contributed by atoms with Crippen molar-refractivity contribution in [2.45, 2.75) is 19.3 Å². The second-order valence-electron chi connectivity index (χ2n) is 6.85. The number of nitrogens with zero attached hydrogens (tertiary/aromatic N) is 2. The van der Waals surface area contributed by atoms with Crippen LogP contribution in [0.2, 0.25) is 0 Å². The number of nitro benzene ring substituents is 2. The molecular weight excluding hydrogens is 429 g/mol. The Morgan fingerprint density at radius 1 is 0.688 bits per heavy atom. The predicted molar refractivity (Wildman–Crippen MR) is 112 cm³/mol. The third-order valence-corrected chi connectivity index (χ3v) is 4.55. The molecule has 32 heavy (non-hydrogen) atoms. The minimum Gasteiger partial charge on any atom is -0.381 e. The number of hydrogen-bond donors (Lipinski definition) is 2. The van der Waals surface area contributed by atoms with Crippen LogP contribution in [-0.2, 0) is 19.3 Å².